The number of hydrogen-bond acceptors (Lipinski definition) is 6. The van der Waals surface area contributed by atoms with Crippen molar-refractivity contribution in [3.63, 3.8) is 0 Å². The molecule has 7 nitrogen and oxygen atoms in total. The van der Waals surface area contributed by atoms with Gasteiger partial charge in [0.1, 0.15) is 12.1 Å². The van der Waals surface area contributed by atoms with E-state index in [4.69, 9.17) is 0 Å². The number of rotatable bonds is 4. The largest absolute Gasteiger partial charge is 0.434 e. The van der Waals surface area contributed by atoms with Crippen LogP contribution in [0.15, 0.2) is 37.2 Å². The number of alkyl halides is 3. The van der Waals surface area contributed by atoms with Crippen LogP contribution in [0, 0.1) is 0 Å². The molecule has 0 spiro atoms. The number of anilines is 2. The van der Waals surface area contributed by atoms with Crippen LogP contribution in [0.5, 0.6) is 0 Å². The van der Waals surface area contributed by atoms with E-state index >= 15 is 0 Å². The van der Waals surface area contributed by atoms with Crippen LogP contribution in [-0.2, 0) is 6.18 Å². The Morgan fingerprint density at radius 2 is 1.93 bits per heavy atom. The van der Waals surface area contributed by atoms with Crippen LogP contribution in [-0.4, -0.2) is 49.5 Å². The van der Waals surface area contributed by atoms with Crippen molar-refractivity contribution in [3.8, 4) is 0 Å². The van der Waals surface area contributed by atoms with Gasteiger partial charge in [0.2, 0.25) is 0 Å². The lowest BCUT2D eigenvalue weighted by atomic mass is 10.2. The topological polar surface area (TPSA) is 62.5 Å². The maximum Gasteiger partial charge on any atom is 0.434 e. The molecule has 1 atom stereocenters. The van der Waals surface area contributed by atoms with Crippen molar-refractivity contribution in [2.75, 3.05) is 22.9 Å². The molecule has 1 aliphatic carbocycles. The average molecular weight is 389 g/mol. The second-order valence-electron chi connectivity index (χ2n) is 7.20. The number of nitrogens with zero attached hydrogens (tertiary/aromatic N) is 7. The van der Waals surface area contributed by atoms with Gasteiger partial charge in [-0.1, -0.05) is 0 Å². The van der Waals surface area contributed by atoms with Crippen molar-refractivity contribution in [1.82, 2.24) is 24.3 Å². The molecule has 3 aromatic rings. The first-order valence-electron chi connectivity index (χ1n) is 9.21. The molecule has 1 aliphatic heterocycles. The molecule has 0 amide bonds. The Hall–Kier alpha value is -2.91. The van der Waals surface area contributed by atoms with Crippen LogP contribution in [0.25, 0.3) is 5.65 Å². The van der Waals surface area contributed by atoms with E-state index in [0.717, 1.165) is 31.3 Å². The summed E-state index contributed by atoms with van der Waals surface area (Å²) in [6.07, 6.45) is 5.95. The van der Waals surface area contributed by atoms with Gasteiger partial charge in [-0.25, -0.2) is 19.9 Å². The molecule has 4 heterocycles. The fourth-order valence-corrected chi connectivity index (χ4v) is 3.89. The number of aromatic nitrogens is 5. The fourth-order valence-electron chi connectivity index (χ4n) is 3.89. The molecule has 1 saturated carbocycles. The predicted octanol–water partition coefficient (Wildman–Crippen LogP) is 2.79. The van der Waals surface area contributed by atoms with Gasteiger partial charge >= 0.3 is 6.18 Å². The van der Waals surface area contributed by atoms with E-state index in [1.54, 1.807) is 12.5 Å². The van der Waals surface area contributed by atoms with Gasteiger partial charge in [-0.2, -0.15) is 13.2 Å². The van der Waals surface area contributed by atoms with E-state index in [1.165, 1.54) is 16.8 Å². The highest BCUT2D eigenvalue weighted by Crippen LogP contribution is 2.36. The molecular weight excluding hydrogens is 371 g/mol. The summed E-state index contributed by atoms with van der Waals surface area (Å²) >= 11 is 0. The minimum absolute atomic E-state index is 0.224. The molecule has 0 bridgehead atoms. The first-order chi connectivity index (χ1) is 13.5. The van der Waals surface area contributed by atoms with E-state index in [9.17, 15) is 13.2 Å². The van der Waals surface area contributed by atoms with Gasteiger partial charge in [-0.15, -0.1) is 0 Å². The summed E-state index contributed by atoms with van der Waals surface area (Å²) < 4.78 is 40.6. The second kappa shape index (κ2) is 6.32. The predicted molar refractivity (Wildman–Crippen MR) is 96.1 cm³/mol. The molecule has 28 heavy (non-hydrogen) atoms. The van der Waals surface area contributed by atoms with Crippen molar-refractivity contribution < 1.29 is 13.2 Å². The van der Waals surface area contributed by atoms with Crippen LogP contribution in [0.4, 0.5) is 24.8 Å². The highest BCUT2D eigenvalue weighted by molar-refractivity contribution is 5.65. The van der Waals surface area contributed by atoms with Crippen molar-refractivity contribution in [3.05, 3.63) is 42.9 Å². The smallest absolute Gasteiger partial charge is 0.351 e. The molecule has 146 valence electrons. The van der Waals surface area contributed by atoms with Crippen molar-refractivity contribution in [1.29, 1.82) is 0 Å². The summed E-state index contributed by atoms with van der Waals surface area (Å²) in [6, 6.07) is 2.60. The third kappa shape index (κ3) is 3.02. The van der Waals surface area contributed by atoms with Gasteiger partial charge in [0.15, 0.2) is 17.2 Å². The monoisotopic (exact) mass is 389 g/mol. The summed E-state index contributed by atoms with van der Waals surface area (Å²) in [5.41, 5.74) is -0.673. The van der Waals surface area contributed by atoms with Gasteiger partial charge in [0, 0.05) is 50.0 Å². The second-order valence-corrected chi connectivity index (χ2v) is 7.20. The molecule has 1 unspecified atom stereocenters. The minimum Gasteiger partial charge on any atom is -0.351 e. The van der Waals surface area contributed by atoms with Crippen molar-refractivity contribution >= 4 is 17.3 Å². The highest BCUT2D eigenvalue weighted by atomic mass is 19.4. The summed E-state index contributed by atoms with van der Waals surface area (Å²) in [5, 5.41) is 0. The number of hydrogen-bond donors (Lipinski definition) is 0. The lowest BCUT2D eigenvalue weighted by Crippen LogP contribution is -2.40. The zero-order valence-corrected chi connectivity index (χ0v) is 14.9. The van der Waals surface area contributed by atoms with Crippen LogP contribution in [0.3, 0.4) is 0 Å². The number of halogens is 3. The number of imidazole rings is 1. The Balaban J connectivity index is 1.44. The van der Waals surface area contributed by atoms with Crippen LogP contribution < -0.4 is 9.80 Å². The SMILES string of the molecule is FC(F)(F)c1cn2ccnc(N3CCC(N(c4ccncn4)C4CC4)C3)c2n1. The molecule has 0 aromatic carbocycles. The maximum absolute atomic E-state index is 13.1. The molecule has 2 aliphatic rings. The van der Waals surface area contributed by atoms with Gasteiger partial charge in [-0.05, 0) is 25.3 Å². The maximum atomic E-state index is 13.1. The fraction of sp³-hybridized carbons (Fsp3) is 0.444. The minimum atomic E-state index is -4.48. The zero-order valence-electron chi connectivity index (χ0n) is 14.9. The summed E-state index contributed by atoms with van der Waals surface area (Å²) in [6.45, 7) is 1.38. The molecule has 0 radical (unpaired) electrons. The summed E-state index contributed by atoms with van der Waals surface area (Å²) in [7, 11) is 0. The van der Waals surface area contributed by atoms with Gasteiger partial charge < -0.3 is 14.2 Å². The number of fused-ring (bicyclic) bond motifs is 1. The van der Waals surface area contributed by atoms with E-state index in [0.29, 0.717) is 24.9 Å². The van der Waals surface area contributed by atoms with Crippen LogP contribution >= 0.6 is 0 Å². The molecule has 0 N–H and O–H groups in total. The normalized spacial score (nSPS) is 20.1. The summed E-state index contributed by atoms with van der Waals surface area (Å²) in [4.78, 5) is 20.9. The lowest BCUT2D eigenvalue weighted by molar-refractivity contribution is -0.140. The van der Waals surface area contributed by atoms with E-state index in [-0.39, 0.29) is 11.7 Å². The van der Waals surface area contributed by atoms with Gasteiger partial charge in [-0.3, -0.25) is 0 Å². The van der Waals surface area contributed by atoms with Crippen LogP contribution in [0.2, 0.25) is 0 Å². The van der Waals surface area contributed by atoms with E-state index < -0.39 is 11.9 Å². The molecule has 1 saturated heterocycles. The third-order valence-corrected chi connectivity index (χ3v) is 5.27. The highest BCUT2D eigenvalue weighted by Gasteiger charge is 2.39. The molecule has 2 fully saturated rings. The molecule has 10 heteroatoms. The quantitative estimate of drug-likeness (QED) is 0.684. The molecule has 3 aromatic heterocycles. The zero-order chi connectivity index (χ0) is 19.3. The van der Waals surface area contributed by atoms with E-state index in [1.807, 2.05) is 11.0 Å². The molecule has 5 rings (SSSR count). The van der Waals surface area contributed by atoms with Gasteiger partial charge in [0.05, 0.1) is 0 Å². The van der Waals surface area contributed by atoms with Crippen LogP contribution in [0.1, 0.15) is 25.0 Å². The summed E-state index contributed by atoms with van der Waals surface area (Å²) in [5.74, 6) is 1.38. The Kier molecular flexibility index (Phi) is 3.88. The standard InChI is InChI=1S/C18H18F3N7/c19-18(20,21)14-10-27-8-6-23-16(17(27)25-14)26-7-4-13(9-26)28(12-1-2-12)15-3-5-22-11-24-15/h3,5-6,8,10-13H,1-2,4,7,9H2. The Bertz CT molecular complexity index is 984. The van der Waals surface area contributed by atoms with E-state index in [2.05, 4.69) is 24.8 Å². The van der Waals surface area contributed by atoms with Crippen molar-refractivity contribution in [2.24, 2.45) is 0 Å². The Morgan fingerprint density at radius 3 is 2.64 bits per heavy atom. The first kappa shape index (κ1) is 17.2. The van der Waals surface area contributed by atoms with Gasteiger partial charge in [0.25, 0.3) is 0 Å². The first-order valence-corrected chi connectivity index (χ1v) is 9.21. The molecular formula is C18H18F3N7. The third-order valence-electron chi connectivity index (χ3n) is 5.27. The van der Waals surface area contributed by atoms with Crippen molar-refractivity contribution in [2.45, 2.75) is 37.5 Å². The Labute approximate surface area is 158 Å². The lowest BCUT2D eigenvalue weighted by Gasteiger charge is -2.30. The average Bonchev–Trinajstić information content (AvgIpc) is 3.20. The Morgan fingerprint density at radius 1 is 1.07 bits per heavy atom.